The van der Waals surface area contributed by atoms with Crippen molar-refractivity contribution in [1.82, 2.24) is 9.78 Å². The highest BCUT2D eigenvalue weighted by Crippen LogP contribution is 2.24. The molecule has 0 unspecified atom stereocenters. The Balaban J connectivity index is 2.35. The van der Waals surface area contributed by atoms with Gasteiger partial charge in [-0.1, -0.05) is 24.9 Å². The summed E-state index contributed by atoms with van der Waals surface area (Å²) in [5, 5.41) is 17.4. The van der Waals surface area contributed by atoms with Crippen LogP contribution < -0.4 is 11.1 Å². The zero-order chi connectivity index (χ0) is 14.5. The van der Waals surface area contributed by atoms with Gasteiger partial charge in [0.15, 0.2) is 5.82 Å². The van der Waals surface area contributed by atoms with Crippen LogP contribution in [0.3, 0.4) is 0 Å². The van der Waals surface area contributed by atoms with Gasteiger partial charge in [-0.25, -0.2) is 4.68 Å². The van der Waals surface area contributed by atoms with Crippen LogP contribution in [-0.4, -0.2) is 16.3 Å². The number of benzene rings is 1. The molecule has 0 bridgehead atoms. The number of anilines is 2. The lowest BCUT2D eigenvalue weighted by Crippen LogP contribution is -2.04. The molecular formula is C14H16ClN5. The predicted molar refractivity (Wildman–Crippen MR) is 81.1 cm³/mol. The standard InChI is InChI=1S/C14H16ClN5/c1-2-3-8-18-14-12(9-16)13(17)20(19-14)11-6-4-10(15)5-7-11/h4-7H,2-3,8,17H2,1H3,(H,18,19). The third kappa shape index (κ3) is 2.86. The van der Waals surface area contributed by atoms with Crippen molar-refractivity contribution < 1.29 is 0 Å². The largest absolute Gasteiger partial charge is 0.382 e. The summed E-state index contributed by atoms with van der Waals surface area (Å²) in [4.78, 5) is 0. The Morgan fingerprint density at radius 1 is 1.40 bits per heavy atom. The Morgan fingerprint density at radius 2 is 2.10 bits per heavy atom. The SMILES string of the molecule is CCCCNc1nn(-c2ccc(Cl)cc2)c(N)c1C#N. The van der Waals surface area contributed by atoms with Gasteiger partial charge in [-0.15, -0.1) is 5.10 Å². The van der Waals surface area contributed by atoms with Crippen LogP contribution in [0.1, 0.15) is 25.3 Å². The summed E-state index contributed by atoms with van der Waals surface area (Å²) in [7, 11) is 0. The second-order valence-corrected chi connectivity index (χ2v) is 4.83. The van der Waals surface area contributed by atoms with E-state index in [-0.39, 0.29) is 0 Å². The minimum Gasteiger partial charge on any atom is -0.382 e. The molecule has 0 saturated carbocycles. The molecule has 104 valence electrons. The number of rotatable bonds is 5. The zero-order valence-electron chi connectivity index (χ0n) is 11.2. The lowest BCUT2D eigenvalue weighted by atomic mass is 10.3. The van der Waals surface area contributed by atoms with Gasteiger partial charge in [-0.3, -0.25) is 0 Å². The average molecular weight is 290 g/mol. The molecule has 0 saturated heterocycles. The number of aromatic nitrogens is 2. The fraction of sp³-hybridized carbons (Fsp3) is 0.286. The molecule has 1 aromatic carbocycles. The molecule has 0 spiro atoms. The van der Waals surface area contributed by atoms with Crippen molar-refractivity contribution in [1.29, 1.82) is 5.26 Å². The van der Waals surface area contributed by atoms with Gasteiger partial charge >= 0.3 is 0 Å². The van der Waals surface area contributed by atoms with Crippen molar-refractivity contribution in [2.75, 3.05) is 17.6 Å². The van der Waals surface area contributed by atoms with Gasteiger partial charge in [0.05, 0.1) is 5.69 Å². The molecule has 0 aliphatic carbocycles. The minimum absolute atomic E-state index is 0.328. The van der Waals surface area contributed by atoms with E-state index in [4.69, 9.17) is 17.3 Å². The van der Waals surface area contributed by atoms with E-state index in [1.807, 2.05) is 12.1 Å². The van der Waals surface area contributed by atoms with Crippen molar-refractivity contribution >= 4 is 23.2 Å². The van der Waals surface area contributed by atoms with Crippen LogP contribution in [0.2, 0.25) is 5.02 Å². The first-order valence-corrected chi connectivity index (χ1v) is 6.83. The second kappa shape index (κ2) is 6.31. The van der Waals surface area contributed by atoms with Gasteiger partial charge in [0.25, 0.3) is 0 Å². The fourth-order valence-corrected chi connectivity index (χ4v) is 1.95. The molecule has 2 aromatic rings. The van der Waals surface area contributed by atoms with E-state index < -0.39 is 0 Å². The second-order valence-electron chi connectivity index (χ2n) is 4.39. The van der Waals surface area contributed by atoms with E-state index in [0.717, 1.165) is 25.1 Å². The Labute approximate surface area is 123 Å². The number of unbranched alkanes of at least 4 members (excludes halogenated alkanes) is 1. The summed E-state index contributed by atoms with van der Waals surface area (Å²) in [6, 6.07) is 9.23. The Bertz CT molecular complexity index is 624. The number of halogens is 1. The minimum atomic E-state index is 0.328. The number of nitrogens with two attached hydrogens (primary N) is 1. The molecule has 6 heteroatoms. The van der Waals surface area contributed by atoms with Crippen LogP contribution >= 0.6 is 11.6 Å². The van der Waals surface area contributed by atoms with E-state index >= 15 is 0 Å². The van der Waals surface area contributed by atoms with E-state index in [1.54, 1.807) is 16.8 Å². The zero-order valence-corrected chi connectivity index (χ0v) is 12.0. The number of nitrogens with one attached hydrogen (secondary N) is 1. The van der Waals surface area contributed by atoms with Gasteiger partial charge in [0, 0.05) is 11.6 Å². The predicted octanol–water partition coefficient (Wildman–Crippen LogP) is 3.19. The van der Waals surface area contributed by atoms with Gasteiger partial charge in [0.1, 0.15) is 17.5 Å². The summed E-state index contributed by atoms with van der Waals surface area (Å²) in [5.74, 6) is 0.849. The summed E-state index contributed by atoms with van der Waals surface area (Å²) < 4.78 is 1.54. The van der Waals surface area contributed by atoms with Crippen LogP contribution in [0.25, 0.3) is 5.69 Å². The summed E-state index contributed by atoms with van der Waals surface area (Å²) >= 11 is 5.86. The Kier molecular flexibility index (Phi) is 4.49. The van der Waals surface area contributed by atoms with Crippen molar-refractivity contribution in [3.8, 4) is 11.8 Å². The van der Waals surface area contributed by atoms with Crippen molar-refractivity contribution in [2.24, 2.45) is 0 Å². The van der Waals surface area contributed by atoms with Gasteiger partial charge < -0.3 is 11.1 Å². The van der Waals surface area contributed by atoms with Crippen LogP contribution in [0.4, 0.5) is 11.6 Å². The maximum absolute atomic E-state index is 9.22. The van der Waals surface area contributed by atoms with Crippen LogP contribution in [0.5, 0.6) is 0 Å². The molecule has 0 aliphatic rings. The first-order chi connectivity index (χ1) is 9.67. The van der Waals surface area contributed by atoms with E-state index in [1.165, 1.54) is 0 Å². The Hall–Kier alpha value is -2.19. The highest BCUT2D eigenvalue weighted by molar-refractivity contribution is 6.30. The van der Waals surface area contributed by atoms with Crippen LogP contribution in [0.15, 0.2) is 24.3 Å². The molecule has 0 atom stereocenters. The third-order valence-electron chi connectivity index (χ3n) is 2.93. The third-order valence-corrected chi connectivity index (χ3v) is 3.18. The van der Waals surface area contributed by atoms with Crippen molar-refractivity contribution in [2.45, 2.75) is 19.8 Å². The normalized spacial score (nSPS) is 10.2. The van der Waals surface area contributed by atoms with Crippen molar-refractivity contribution in [3.05, 3.63) is 34.9 Å². The Morgan fingerprint density at radius 3 is 2.70 bits per heavy atom. The molecule has 1 aromatic heterocycles. The van der Waals surface area contributed by atoms with E-state index in [0.29, 0.717) is 22.2 Å². The van der Waals surface area contributed by atoms with E-state index in [9.17, 15) is 5.26 Å². The maximum atomic E-state index is 9.22. The lowest BCUT2D eigenvalue weighted by Gasteiger charge is -2.03. The molecule has 0 fully saturated rings. The van der Waals surface area contributed by atoms with Gasteiger partial charge in [-0.2, -0.15) is 5.26 Å². The number of hydrogen-bond acceptors (Lipinski definition) is 4. The first kappa shape index (κ1) is 14.2. The number of nitrogens with zero attached hydrogens (tertiary/aromatic N) is 3. The number of nitrogen functional groups attached to an aromatic ring is 1. The summed E-state index contributed by atoms with van der Waals surface area (Å²) in [5.41, 5.74) is 7.14. The fourth-order valence-electron chi connectivity index (χ4n) is 1.83. The van der Waals surface area contributed by atoms with Gasteiger partial charge in [0.2, 0.25) is 0 Å². The van der Waals surface area contributed by atoms with E-state index in [2.05, 4.69) is 23.4 Å². The maximum Gasteiger partial charge on any atom is 0.168 e. The molecule has 1 heterocycles. The molecule has 3 N–H and O–H groups in total. The quantitative estimate of drug-likeness (QED) is 0.829. The highest BCUT2D eigenvalue weighted by atomic mass is 35.5. The smallest absolute Gasteiger partial charge is 0.168 e. The molecule has 5 nitrogen and oxygen atoms in total. The first-order valence-electron chi connectivity index (χ1n) is 6.45. The molecule has 20 heavy (non-hydrogen) atoms. The molecule has 0 amide bonds. The molecule has 0 radical (unpaired) electrons. The van der Waals surface area contributed by atoms with Crippen molar-refractivity contribution in [3.63, 3.8) is 0 Å². The topological polar surface area (TPSA) is 79.7 Å². The van der Waals surface area contributed by atoms with Crippen LogP contribution in [-0.2, 0) is 0 Å². The summed E-state index contributed by atoms with van der Waals surface area (Å²) in [6.07, 6.45) is 2.08. The monoisotopic (exact) mass is 289 g/mol. The summed E-state index contributed by atoms with van der Waals surface area (Å²) in [6.45, 7) is 2.87. The lowest BCUT2D eigenvalue weighted by molar-refractivity contribution is 0.822. The number of hydrogen-bond donors (Lipinski definition) is 2. The average Bonchev–Trinajstić information content (AvgIpc) is 2.76. The van der Waals surface area contributed by atoms with Crippen LogP contribution in [0, 0.1) is 11.3 Å². The molecule has 0 aliphatic heterocycles. The van der Waals surface area contributed by atoms with Gasteiger partial charge in [-0.05, 0) is 30.7 Å². The molecular weight excluding hydrogens is 274 g/mol. The highest BCUT2D eigenvalue weighted by Gasteiger charge is 2.16. The number of nitriles is 1. The molecule has 2 rings (SSSR count).